The summed E-state index contributed by atoms with van der Waals surface area (Å²) in [4.78, 5) is 0. The highest BCUT2D eigenvalue weighted by atomic mass is 19.1. The minimum atomic E-state index is -0.587. The van der Waals surface area contributed by atoms with E-state index < -0.39 is 5.83 Å². The van der Waals surface area contributed by atoms with Crippen LogP contribution in [0.5, 0.6) is 0 Å². The molecule has 0 unspecified atom stereocenters. The second kappa shape index (κ2) is 12.5. The van der Waals surface area contributed by atoms with Gasteiger partial charge in [0.05, 0.1) is 0 Å². The summed E-state index contributed by atoms with van der Waals surface area (Å²) in [5, 5.41) is 8.55. The van der Waals surface area contributed by atoms with Crippen LogP contribution in [-0.2, 0) is 0 Å². The molecule has 2 rings (SSSR count). The van der Waals surface area contributed by atoms with Crippen molar-refractivity contribution in [3.05, 3.63) is 11.9 Å². The molecule has 0 amide bonds. The fraction of sp³-hybridized carbons (Fsp3) is 0.875. The van der Waals surface area contributed by atoms with Crippen molar-refractivity contribution in [2.24, 2.45) is 23.7 Å². The van der Waals surface area contributed by atoms with Gasteiger partial charge in [-0.3, -0.25) is 0 Å². The van der Waals surface area contributed by atoms with Gasteiger partial charge < -0.3 is 0 Å². The van der Waals surface area contributed by atoms with Crippen molar-refractivity contribution in [1.29, 1.82) is 5.26 Å². The molecule has 0 aromatic carbocycles. The van der Waals surface area contributed by atoms with E-state index in [-0.39, 0.29) is 0 Å². The topological polar surface area (TPSA) is 23.8 Å². The second-order valence-electron chi connectivity index (χ2n) is 9.07. The van der Waals surface area contributed by atoms with Crippen molar-refractivity contribution in [1.82, 2.24) is 0 Å². The Morgan fingerprint density at radius 2 is 1.31 bits per heavy atom. The maximum absolute atomic E-state index is 13.1. The van der Waals surface area contributed by atoms with E-state index in [0.29, 0.717) is 5.92 Å². The number of nitriles is 1. The van der Waals surface area contributed by atoms with Crippen molar-refractivity contribution in [3.63, 3.8) is 0 Å². The van der Waals surface area contributed by atoms with Gasteiger partial charge in [-0.15, -0.1) is 0 Å². The molecule has 2 aliphatic rings. The van der Waals surface area contributed by atoms with Crippen molar-refractivity contribution < 1.29 is 4.39 Å². The summed E-state index contributed by atoms with van der Waals surface area (Å²) in [6.45, 7) is 2.29. The van der Waals surface area contributed by atoms with Crippen LogP contribution in [-0.4, -0.2) is 0 Å². The van der Waals surface area contributed by atoms with E-state index in [1.807, 2.05) is 0 Å². The van der Waals surface area contributed by atoms with E-state index in [1.54, 1.807) is 12.1 Å². The Morgan fingerprint density at radius 1 is 0.808 bits per heavy atom. The van der Waals surface area contributed by atoms with Gasteiger partial charge in [-0.25, -0.2) is 0 Å². The quantitative estimate of drug-likeness (QED) is 0.285. The summed E-state index contributed by atoms with van der Waals surface area (Å²) in [5.74, 6) is 2.56. The van der Waals surface area contributed by atoms with E-state index in [2.05, 4.69) is 6.92 Å². The molecule has 0 aliphatic heterocycles. The Balaban J connectivity index is 1.52. The van der Waals surface area contributed by atoms with Gasteiger partial charge in [0.15, 0.2) is 5.83 Å². The van der Waals surface area contributed by atoms with Gasteiger partial charge >= 0.3 is 0 Å². The number of hydrogen-bond donors (Lipinski definition) is 0. The molecule has 2 saturated carbocycles. The van der Waals surface area contributed by atoms with Gasteiger partial charge in [-0.05, 0) is 55.4 Å². The summed E-state index contributed by atoms with van der Waals surface area (Å²) in [6, 6.07) is 1.61. The molecule has 0 heterocycles. The smallest absolute Gasteiger partial charge is 0.195 e. The summed E-state index contributed by atoms with van der Waals surface area (Å²) in [7, 11) is 0. The lowest BCUT2D eigenvalue weighted by molar-refractivity contribution is 0.219. The van der Waals surface area contributed by atoms with E-state index >= 15 is 0 Å². The predicted octanol–water partition coefficient (Wildman–Crippen LogP) is 8.12. The minimum Gasteiger partial charge on any atom is -0.195 e. The molecule has 0 bridgehead atoms. The van der Waals surface area contributed by atoms with E-state index in [1.165, 1.54) is 89.9 Å². The van der Waals surface area contributed by atoms with Crippen LogP contribution in [0.25, 0.3) is 0 Å². The number of allylic oxidation sites excluding steroid dienone is 2. The first-order chi connectivity index (χ1) is 12.7. The Kier molecular flexibility index (Phi) is 10.3. The largest absolute Gasteiger partial charge is 0.196 e. The van der Waals surface area contributed by atoms with Gasteiger partial charge in [0.1, 0.15) is 6.07 Å². The van der Waals surface area contributed by atoms with Crippen molar-refractivity contribution in [2.75, 3.05) is 0 Å². The first-order valence-electron chi connectivity index (χ1n) is 11.5. The van der Waals surface area contributed by atoms with E-state index in [9.17, 15) is 4.39 Å². The van der Waals surface area contributed by atoms with Gasteiger partial charge in [0.2, 0.25) is 0 Å². The Morgan fingerprint density at radius 3 is 1.85 bits per heavy atom. The van der Waals surface area contributed by atoms with Crippen LogP contribution in [0.4, 0.5) is 4.39 Å². The zero-order valence-corrected chi connectivity index (χ0v) is 17.0. The van der Waals surface area contributed by atoms with Crippen molar-refractivity contribution in [2.45, 2.75) is 110 Å². The molecule has 2 fully saturated rings. The molecule has 26 heavy (non-hydrogen) atoms. The van der Waals surface area contributed by atoms with Crippen LogP contribution < -0.4 is 0 Å². The molecule has 148 valence electrons. The van der Waals surface area contributed by atoms with Gasteiger partial charge in [0.25, 0.3) is 0 Å². The lowest BCUT2D eigenvalue weighted by Gasteiger charge is -2.31. The SMILES string of the molecule is CCCCCCC[C@H]1CC[C@H](CC[C@H]2CC[C@H](/C=C(/F)C#N)CC2)CC1. The highest BCUT2D eigenvalue weighted by Crippen LogP contribution is 2.38. The van der Waals surface area contributed by atoms with Gasteiger partial charge in [0, 0.05) is 0 Å². The van der Waals surface area contributed by atoms with Crippen LogP contribution in [0.15, 0.2) is 11.9 Å². The number of hydrogen-bond acceptors (Lipinski definition) is 1. The van der Waals surface area contributed by atoms with E-state index in [0.717, 1.165) is 30.6 Å². The molecular weight excluding hydrogens is 321 g/mol. The van der Waals surface area contributed by atoms with Gasteiger partial charge in [-0.2, -0.15) is 9.65 Å². The molecule has 0 radical (unpaired) electrons. The Bertz CT molecular complexity index is 434. The Hall–Kier alpha value is -0.840. The lowest BCUT2D eigenvalue weighted by atomic mass is 9.75. The molecule has 2 aliphatic carbocycles. The molecule has 0 aromatic heterocycles. The lowest BCUT2D eigenvalue weighted by Crippen LogP contribution is -2.18. The molecule has 0 N–H and O–H groups in total. The third-order valence-corrected chi connectivity index (χ3v) is 7.05. The fourth-order valence-corrected chi connectivity index (χ4v) is 5.20. The molecule has 2 heteroatoms. The van der Waals surface area contributed by atoms with Crippen LogP contribution >= 0.6 is 0 Å². The molecular formula is C24H40FN. The monoisotopic (exact) mass is 361 g/mol. The molecule has 0 aromatic rings. The summed E-state index contributed by atoms with van der Waals surface area (Å²) < 4.78 is 13.1. The van der Waals surface area contributed by atoms with Crippen LogP contribution in [0, 0.1) is 35.0 Å². The average molecular weight is 362 g/mol. The first-order valence-corrected chi connectivity index (χ1v) is 11.5. The van der Waals surface area contributed by atoms with Crippen LogP contribution in [0.2, 0.25) is 0 Å². The normalized spacial score (nSPS) is 30.1. The summed E-state index contributed by atoms with van der Waals surface area (Å²) in [5.41, 5.74) is 0. The maximum Gasteiger partial charge on any atom is 0.196 e. The number of nitrogens with zero attached hydrogens (tertiary/aromatic N) is 1. The maximum atomic E-state index is 13.1. The average Bonchev–Trinajstić information content (AvgIpc) is 2.68. The fourth-order valence-electron chi connectivity index (χ4n) is 5.20. The highest BCUT2D eigenvalue weighted by Gasteiger charge is 2.24. The third kappa shape index (κ3) is 8.24. The number of rotatable bonds is 10. The minimum absolute atomic E-state index is 0.304. The molecule has 1 nitrogen and oxygen atoms in total. The van der Waals surface area contributed by atoms with Crippen LogP contribution in [0.3, 0.4) is 0 Å². The van der Waals surface area contributed by atoms with Gasteiger partial charge in [-0.1, -0.05) is 84.0 Å². The standard InChI is InChI=1S/C24H40FN/c1-2-3-4-5-6-7-20-8-10-21(11-9-20)12-13-22-14-16-23(17-15-22)18-24(25)19-26/h18,20-23H,2-17H2,1H3/b24-18+/t20-,21-,22-,23-. The Labute approximate surface area is 161 Å². The summed E-state index contributed by atoms with van der Waals surface area (Å²) >= 11 is 0. The summed E-state index contributed by atoms with van der Waals surface area (Å²) in [6.07, 6.45) is 23.4. The number of unbranched alkanes of at least 4 members (excludes halogenated alkanes) is 4. The second-order valence-corrected chi connectivity index (χ2v) is 9.07. The molecule has 0 saturated heterocycles. The predicted molar refractivity (Wildman–Crippen MR) is 108 cm³/mol. The van der Waals surface area contributed by atoms with E-state index in [4.69, 9.17) is 5.26 Å². The van der Waals surface area contributed by atoms with Crippen LogP contribution in [0.1, 0.15) is 110 Å². The highest BCUT2D eigenvalue weighted by molar-refractivity contribution is 5.13. The van der Waals surface area contributed by atoms with Crippen molar-refractivity contribution in [3.8, 4) is 6.07 Å². The first kappa shape index (κ1) is 21.5. The zero-order valence-electron chi connectivity index (χ0n) is 17.0. The zero-order chi connectivity index (χ0) is 18.6. The molecule has 0 atom stereocenters. The third-order valence-electron chi connectivity index (χ3n) is 7.05. The molecule has 0 spiro atoms. The van der Waals surface area contributed by atoms with Crippen molar-refractivity contribution >= 4 is 0 Å². The number of halogens is 1.